The maximum atomic E-state index is 12.7. The number of carbonyl (C=O) groups excluding carboxylic acids is 2. The van der Waals surface area contributed by atoms with Crippen molar-refractivity contribution in [2.45, 2.75) is 51.7 Å². The van der Waals surface area contributed by atoms with Gasteiger partial charge in [0.15, 0.2) is 0 Å². The lowest BCUT2D eigenvalue weighted by Crippen LogP contribution is -2.47. The van der Waals surface area contributed by atoms with Crippen LogP contribution in [0.4, 0.5) is 0 Å². The average Bonchev–Trinajstić information content (AvgIpc) is 3.09. The molecule has 2 saturated heterocycles. The number of hydrogen-bond acceptors (Lipinski definition) is 8. The summed E-state index contributed by atoms with van der Waals surface area (Å²) in [5, 5.41) is 10.5. The maximum Gasteiger partial charge on any atom is 0.290 e. The van der Waals surface area contributed by atoms with Crippen LogP contribution in [0, 0.1) is 5.92 Å². The Labute approximate surface area is 175 Å². The van der Waals surface area contributed by atoms with Crippen LogP contribution < -0.4 is 5.73 Å². The van der Waals surface area contributed by atoms with E-state index in [0.29, 0.717) is 37.9 Å². The molecule has 3 rings (SSSR count). The smallest absolute Gasteiger partial charge is 0.290 e. The molecule has 1 spiro atoms. The van der Waals surface area contributed by atoms with Crippen LogP contribution in [-0.4, -0.2) is 81.7 Å². The first kappa shape index (κ1) is 23.7. The SMILES string of the molecule is CC(C)CCN1CCOC2(CCN(Cc3nc(C(N)=O)no3)CC2)CC1=O.O=CO. The van der Waals surface area contributed by atoms with Gasteiger partial charge in [-0.1, -0.05) is 19.0 Å². The fraction of sp³-hybridized carbons (Fsp3) is 0.737. The molecule has 0 atom stereocenters. The minimum Gasteiger partial charge on any atom is -0.483 e. The number of primary amides is 1. The summed E-state index contributed by atoms with van der Waals surface area (Å²) in [6.07, 6.45) is 3.04. The lowest BCUT2D eigenvalue weighted by atomic mass is 9.87. The van der Waals surface area contributed by atoms with E-state index in [-0.39, 0.29) is 23.8 Å². The molecule has 11 heteroatoms. The minimum absolute atomic E-state index is 0.0994. The molecule has 2 fully saturated rings. The Balaban J connectivity index is 0.00000101. The van der Waals surface area contributed by atoms with Gasteiger partial charge in [0, 0.05) is 26.2 Å². The predicted octanol–water partition coefficient (Wildman–Crippen LogP) is 0.499. The van der Waals surface area contributed by atoms with Crippen LogP contribution >= 0.6 is 0 Å². The summed E-state index contributed by atoms with van der Waals surface area (Å²) in [4.78, 5) is 40.2. The van der Waals surface area contributed by atoms with E-state index in [0.717, 1.165) is 38.9 Å². The normalized spacial score (nSPS) is 19.3. The Hall–Kier alpha value is -2.53. The van der Waals surface area contributed by atoms with Crippen molar-refractivity contribution in [1.82, 2.24) is 19.9 Å². The summed E-state index contributed by atoms with van der Waals surface area (Å²) in [5.41, 5.74) is 4.77. The van der Waals surface area contributed by atoms with E-state index in [1.807, 2.05) is 4.90 Å². The largest absolute Gasteiger partial charge is 0.483 e. The molecule has 1 aromatic rings. The second kappa shape index (κ2) is 11.0. The minimum atomic E-state index is -0.699. The number of piperidine rings is 1. The average molecular weight is 425 g/mol. The molecule has 0 bridgehead atoms. The highest BCUT2D eigenvalue weighted by molar-refractivity contribution is 5.88. The zero-order chi connectivity index (χ0) is 22.1. The maximum absolute atomic E-state index is 12.7. The van der Waals surface area contributed by atoms with Gasteiger partial charge in [0.1, 0.15) is 0 Å². The molecule has 11 nitrogen and oxygen atoms in total. The summed E-state index contributed by atoms with van der Waals surface area (Å²) in [6, 6.07) is 0. The molecule has 1 aromatic heterocycles. The van der Waals surface area contributed by atoms with Gasteiger partial charge >= 0.3 is 0 Å². The van der Waals surface area contributed by atoms with Crippen molar-refractivity contribution in [3.8, 4) is 0 Å². The molecular formula is C19H31N5O6. The van der Waals surface area contributed by atoms with Crippen molar-refractivity contribution < 1.29 is 28.8 Å². The summed E-state index contributed by atoms with van der Waals surface area (Å²) < 4.78 is 11.2. The molecule has 168 valence electrons. The van der Waals surface area contributed by atoms with Gasteiger partial charge in [0.2, 0.25) is 11.8 Å². The molecule has 30 heavy (non-hydrogen) atoms. The molecule has 2 aliphatic rings. The van der Waals surface area contributed by atoms with E-state index in [4.69, 9.17) is 24.9 Å². The number of aromatic nitrogens is 2. The monoisotopic (exact) mass is 425 g/mol. The highest BCUT2D eigenvalue weighted by Gasteiger charge is 2.40. The number of nitrogens with two attached hydrogens (primary N) is 1. The topological polar surface area (TPSA) is 152 Å². The van der Waals surface area contributed by atoms with Gasteiger partial charge < -0.3 is 25.0 Å². The van der Waals surface area contributed by atoms with Gasteiger partial charge in [-0.25, -0.2) is 0 Å². The van der Waals surface area contributed by atoms with Crippen molar-refractivity contribution in [2.75, 3.05) is 32.8 Å². The number of hydrogen-bond donors (Lipinski definition) is 2. The van der Waals surface area contributed by atoms with Crippen LogP contribution in [0.5, 0.6) is 0 Å². The van der Waals surface area contributed by atoms with Crippen LogP contribution in [0.3, 0.4) is 0 Å². The molecule has 2 aliphatic heterocycles. The second-order valence-corrected chi connectivity index (χ2v) is 8.03. The van der Waals surface area contributed by atoms with Crippen molar-refractivity contribution >= 4 is 18.3 Å². The van der Waals surface area contributed by atoms with E-state index in [1.54, 1.807) is 0 Å². The second-order valence-electron chi connectivity index (χ2n) is 8.03. The summed E-state index contributed by atoms with van der Waals surface area (Å²) in [6.45, 7) is 8.18. The van der Waals surface area contributed by atoms with Gasteiger partial charge in [-0.3, -0.25) is 19.3 Å². The number of rotatable bonds is 6. The lowest BCUT2D eigenvalue weighted by molar-refractivity contribution is -0.135. The molecule has 0 radical (unpaired) electrons. The van der Waals surface area contributed by atoms with Crippen LogP contribution in [0.2, 0.25) is 0 Å². The number of nitrogens with zero attached hydrogens (tertiary/aromatic N) is 4. The van der Waals surface area contributed by atoms with Crippen molar-refractivity contribution in [3.63, 3.8) is 0 Å². The van der Waals surface area contributed by atoms with Crippen LogP contribution in [0.1, 0.15) is 56.0 Å². The Morgan fingerprint density at radius 2 is 2.00 bits per heavy atom. The first-order valence-electron chi connectivity index (χ1n) is 10.1. The van der Waals surface area contributed by atoms with E-state index in [1.165, 1.54) is 0 Å². The third-order valence-corrected chi connectivity index (χ3v) is 5.39. The third kappa shape index (κ3) is 6.77. The molecule has 2 amide bonds. The molecule has 0 aliphatic carbocycles. The Morgan fingerprint density at radius 1 is 1.33 bits per heavy atom. The fourth-order valence-electron chi connectivity index (χ4n) is 3.64. The number of carboxylic acid groups (broad SMARTS) is 1. The highest BCUT2D eigenvalue weighted by atomic mass is 16.5. The molecule has 3 heterocycles. The highest BCUT2D eigenvalue weighted by Crippen LogP contribution is 2.32. The zero-order valence-electron chi connectivity index (χ0n) is 17.6. The fourth-order valence-corrected chi connectivity index (χ4v) is 3.64. The van der Waals surface area contributed by atoms with Crippen molar-refractivity contribution in [3.05, 3.63) is 11.7 Å². The van der Waals surface area contributed by atoms with Gasteiger partial charge in [0.05, 0.1) is 25.2 Å². The van der Waals surface area contributed by atoms with E-state index in [2.05, 4.69) is 28.9 Å². The molecule has 0 saturated carbocycles. The molecule has 0 unspecified atom stereocenters. The van der Waals surface area contributed by atoms with E-state index >= 15 is 0 Å². The quantitative estimate of drug-likeness (QED) is 0.620. The standard InChI is InChI=1S/C18H29N5O4.CH2O2/c1-13(2)3-6-23-9-10-26-18(11-15(23)24)4-7-22(8-5-18)12-14-20-17(16(19)25)21-27-14;2-1-3/h13H,3-12H2,1-2H3,(H2,19,25);1H,(H,2,3). The van der Waals surface area contributed by atoms with Crippen LogP contribution in [-0.2, 0) is 20.9 Å². The number of ether oxygens (including phenoxy) is 1. The molecular weight excluding hydrogens is 394 g/mol. The Morgan fingerprint density at radius 3 is 2.57 bits per heavy atom. The van der Waals surface area contributed by atoms with Gasteiger partial charge in [-0.2, -0.15) is 4.98 Å². The zero-order valence-corrected chi connectivity index (χ0v) is 17.6. The number of amides is 2. The third-order valence-electron chi connectivity index (χ3n) is 5.39. The Kier molecular flexibility index (Phi) is 8.72. The number of likely N-dealkylation sites (tertiary alicyclic amines) is 1. The van der Waals surface area contributed by atoms with E-state index in [9.17, 15) is 9.59 Å². The van der Waals surface area contributed by atoms with Gasteiger partial charge in [-0.05, 0) is 25.2 Å². The summed E-state index contributed by atoms with van der Waals surface area (Å²) in [5.74, 6) is 0.355. The van der Waals surface area contributed by atoms with Crippen LogP contribution in [0.15, 0.2) is 4.52 Å². The lowest BCUT2D eigenvalue weighted by Gasteiger charge is -2.40. The first-order valence-corrected chi connectivity index (χ1v) is 10.1. The van der Waals surface area contributed by atoms with Crippen LogP contribution in [0.25, 0.3) is 0 Å². The predicted molar refractivity (Wildman–Crippen MR) is 105 cm³/mol. The first-order chi connectivity index (χ1) is 14.3. The van der Waals surface area contributed by atoms with Crippen molar-refractivity contribution in [2.24, 2.45) is 11.7 Å². The summed E-state index contributed by atoms with van der Waals surface area (Å²) >= 11 is 0. The van der Waals surface area contributed by atoms with Gasteiger partial charge in [0.25, 0.3) is 18.2 Å². The van der Waals surface area contributed by atoms with Gasteiger partial charge in [-0.15, -0.1) is 0 Å². The molecule has 0 aromatic carbocycles. The number of carbonyl (C=O) groups is 3. The summed E-state index contributed by atoms with van der Waals surface area (Å²) in [7, 11) is 0. The van der Waals surface area contributed by atoms with E-state index < -0.39 is 5.91 Å². The van der Waals surface area contributed by atoms with Crippen molar-refractivity contribution in [1.29, 1.82) is 0 Å². The Bertz CT molecular complexity index is 714. The molecule has 3 N–H and O–H groups in total.